The van der Waals surface area contributed by atoms with Gasteiger partial charge in [-0.15, -0.1) is 0 Å². The molecule has 3 rings (SSSR count). The maximum Gasteiger partial charge on any atom is 0.315 e. The molecule has 2 aromatic carbocycles. The van der Waals surface area contributed by atoms with Gasteiger partial charge in [-0.2, -0.15) is 0 Å². The number of urea groups is 1. The van der Waals surface area contributed by atoms with Crippen molar-refractivity contribution in [1.29, 1.82) is 0 Å². The van der Waals surface area contributed by atoms with E-state index in [2.05, 4.69) is 22.8 Å². The van der Waals surface area contributed by atoms with E-state index in [0.29, 0.717) is 25.2 Å². The molecule has 0 aromatic heterocycles. The summed E-state index contributed by atoms with van der Waals surface area (Å²) in [6.07, 6.45) is 1.95. The van der Waals surface area contributed by atoms with Gasteiger partial charge in [-0.1, -0.05) is 24.3 Å². The van der Waals surface area contributed by atoms with Crippen LogP contribution in [0.4, 0.5) is 4.79 Å². The predicted molar refractivity (Wildman–Crippen MR) is 138 cm³/mol. The Bertz CT molecular complexity index is 949. The van der Waals surface area contributed by atoms with E-state index in [0.717, 1.165) is 24.2 Å². The van der Waals surface area contributed by atoms with Gasteiger partial charge in [-0.05, 0) is 82.9 Å². The molecule has 1 aliphatic rings. The summed E-state index contributed by atoms with van der Waals surface area (Å²) in [7, 11) is 0. The van der Waals surface area contributed by atoms with Crippen LogP contribution in [0.1, 0.15) is 62.5 Å². The van der Waals surface area contributed by atoms with Gasteiger partial charge < -0.3 is 25.0 Å². The van der Waals surface area contributed by atoms with Crippen LogP contribution in [0.3, 0.4) is 0 Å². The predicted octanol–water partition coefficient (Wildman–Crippen LogP) is 4.54. The van der Waals surface area contributed by atoms with Gasteiger partial charge in [0.1, 0.15) is 5.75 Å². The van der Waals surface area contributed by atoms with Crippen LogP contribution >= 0.6 is 0 Å². The Labute approximate surface area is 209 Å². The first-order chi connectivity index (χ1) is 16.7. The summed E-state index contributed by atoms with van der Waals surface area (Å²) >= 11 is 0. The second-order valence-electron chi connectivity index (χ2n) is 9.74. The summed E-state index contributed by atoms with van der Waals surface area (Å²) < 4.78 is 11.4. The number of carbonyl (C=O) groups is 2. The highest BCUT2D eigenvalue weighted by atomic mass is 16.5. The van der Waals surface area contributed by atoms with Gasteiger partial charge in [0.25, 0.3) is 5.91 Å². The van der Waals surface area contributed by atoms with E-state index < -0.39 is 0 Å². The van der Waals surface area contributed by atoms with Crippen molar-refractivity contribution in [3.63, 3.8) is 0 Å². The normalized spacial score (nSPS) is 18.7. The van der Waals surface area contributed by atoms with Crippen molar-refractivity contribution in [2.45, 2.75) is 78.4 Å². The summed E-state index contributed by atoms with van der Waals surface area (Å²) in [6.45, 7) is 11.6. The van der Waals surface area contributed by atoms with Crippen molar-refractivity contribution in [2.24, 2.45) is 0 Å². The van der Waals surface area contributed by atoms with Crippen LogP contribution in [0.15, 0.2) is 48.5 Å². The molecule has 0 aliphatic carbocycles. The van der Waals surface area contributed by atoms with Gasteiger partial charge in [0, 0.05) is 31.2 Å². The van der Waals surface area contributed by atoms with Gasteiger partial charge in [0.05, 0.1) is 18.3 Å². The van der Waals surface area contributed by atoms with Crippen molar-refractivity contribution in [1.82, 2.24) is 15.5 Å². The zero-order valence-electron chi connectivity index (χ0n) is 21.5. The lowest BCUT2D eigenvalue weighted by Crippen LogP contribution is -2.48. The summed E-state index contributed by atoms with van der Waals surface area (Å²) in [4.78, 5) is 27.0. The third-order valence-electron chi connectivity index (χ3n) is 5.90. The number of aryl methyl sites for hydroxylation is 1. The first-order valence-corrected chi connectivity index (χ1v) is 12.5. The molecule has 0 bridgehead atoms. The Balaban J connectivity index is 1.39. The zero-order chi connectivity index (χ0) is 25.4. The topological polar surface area (TPSA) is 79.9 Å². The van der Waals surface area contributed by atoms with E-state index >= 15 is 0 Å². The fourth-order valence-electron chi connectivity index (χ4n) is 4.21. The molecule has 0 saturated carbocycles. The van der Waals surface area contributed by atoms with E-state index in [-0.39, 0.29) is 36.3 Å². The second kappa shape index (κ2) is 12.6. The van der Waals surface area contributed by atoms with Gasteiger partial charge in [0.2, 0.25) is 0 Å². The molecule has 190 valence electrons. The standard InChI is InChI=1S/C28H39N3O4/c1-19(2)34-26-14-10-23(11-15-26)7-6-20(3)30-28(33)29-16-24-8-12-25(13-9-24)27(32)31-17-21(4)35-22(5)18-31/h8-15,19-22H,6-7,16-18H2,1-5H3,(H2,29,30,33). The molecule has 2 N–H and O–H groups in total. The third kappa shape index (κ3) is 8.58. The van der Waals surface area contributed by atoms with Crippen molar-refractivity contribution < 1.29 is 19.1 Å². The van der Waals surface area contributed by atoms with Crippen molar-refractivity contribution in [2.75, 3.05) is 13.1 Å². The smallest absolute Gasteiger partial charge is 0.315 e. The first-order valence-electron chi connectivity index (χ1n) is 12.5. The summed E-state index contributed by atoms with van der Waals surface area (Å²) in [5.74, 6) is 0.886. The highest BCUT2D eigenvalue weighted by Crippen LogP contribution is 2.16. The van der Waals surface area contributed by atoms with Crippen molar-refractivity contribution in [3.05, 3.63) is 65.2 Å². The van der Waals surface area contributed by atoms with E-state index in [9.17, 15) is 9.59 Å². The molecule has 1 heterocycles. The fraction of sp³-hybridized carbons (Fsp3) is 0.500. The highest BCUT2D eigenvalue weighted by Gasteiger charge is 2.26. The van der Waals surface area contributed by atoms with E-state index in [4.69, 9.17) is 9.47 Å². The van der Waals surface area contributed by atoms with Gasteiger partial charge >= 0.3 is 6.03 Å². The molecule has 7 nitrogen and oxygen atoms in total. The first kappa shape index (κ1) is 26.5. The molecule has 1 saturated heterocycles. The monoisotopic (exact) mass is 481 g/mol. The minimum Gasteiger partial charge on any atom is -0.491 e. The molecule has 0 spiro atoms. The molecule has 7 heteroatoms. The van der Waals surface area contributed by atoms with Gasteiger partial charge in [-0.3, -0.25) is 4.79 Å². The quantitative estimate of drug-likeness (QED) is 0.551. The molecule has 3 atom stereocenters. The molecular weight excluding hydrogens is 442 g/mol. The number of rotatable bonds is 9. The number of hydrogen-bond acceptors (Lipinski definition) is 4. The lowest BCUT2D eigenvalue weighted by molar-refractivity contribution is -0.0586. The maximum absolute atomic E-state index is 12.8. The average molecular weight is 482 g/mol. The van der Waals surface area contributed by atoms with Crippen molar-refractivity contribution in [3.8, 4) is 5.75 Å². The molecule has 3 unspecified atom stereocenters. The summed E-state index contributed by atoms with van der Waals surface area (Å²) in [5, 5.41) is 5.89. The molecule has 0 radical (unpaired) electrons. The zero-order valence-corrected chi connectivity index (χ0v) is 21.5. The number of nitrogens with zero attached hydrogens (tertiary/aromatic N) is 1. The van der Waals surface area contributed by atoms with Crippen LogP contribution in [0.5, 0.6) is 5.75 Å². The Hall–Kier alpha value is -3.06. The molecule has 1 fully saturated rings. The van der Waals surface area contributed by atoms with Crippen LogP contribution in [-0.4, -0.2) is 54.3 Å². The van der Waals surface area contributed by atoms with E-state index in [1.54, 1.807) is 0 Å². The average Bonchev–Trinajstić information content (AvgIpc) is 2.81. The summed E-state index contributed by atoms with van der Waals surface area (Å²) in [5.41, 5.74) is 2.81. The minimum atomic E-state index is -0.199. The van der Waals surface area contributed by atoms with Crippen LogP contribution in [-0.2, 0) is 17.7 Å². The Kier molecular flexibility index (Phi) is 9.55. The largest absolute Gasteiger partial charge is 0.491 e. The molecule has 2 aromatic rings. The minimum absolute atomic E-state index is 0.0140. The molecule has 1 aliphatic heterocycles. The van der Waals surface area contributed by atoms with Crippen LogP contribution in [0.25, 0.3) is 0 Å². The Morgan fingerprint density at radius 2 is 1.57 bits per heavy atom. The SMILES string of the molecule is CC(CCc1ccc(OC(C)C)cc1)NC(=O)NCc1ccc(C(=O)N2CC(C)OC(C)C2)cc1. The number of hydrogen-bond donors (Lipinski definition) is 2. The van der Waals surface area contributed by atoms with Crippen LogP contribution in [0.2, 0.25) is 0 Å². The van der Waals surface area contributed by atoms with Crippen LogP contribution < -0.4 is 15.4 Å². The molecular formula is C28H39N3O4. The van der Waals surface area contributed by atoms with E-state index in [1.807, 2.05) is 75.9 Å². The number of amides is 3. The van der Waals surface area contributed by atoms with Gasteiger partial charge in [-0.25, -0.2) is 4.79 Å². The Morgan fingerprint density at radius 3 is 2.17 bits per heavy atom. The maximum atomic E-state index is 12.8. The molecule has 3 amide bonds. The lowest BCUT2D eigenvalue weighted by Gasteiger charge is -2.35. The van der Waals surface area contributed by atoms with E-state index in [1.165, 1.54) is 5.56 Å². The number of nitrogens with one attached hydrogen (secondary N) is 2. The summed E-state index contributed by atoms with van der Waals surface area (Å²) in [6, 6.07) is 15.4. The van der Waals surface area contributed by atoms with Gasteiger partial charge in [0.15, 0.2) is 0 Å². The number of morpholine rings is 1. The van der Waals surface area contributed by atoms with Crippen molar-refractivity contribution >= 4 is 11.9 Å². The van der Waals surface area contributed by atoms with Crippen LogP contribution in [0, 0.1) is 0 Å². The number of carbonyl (C=O) groups excluding carboxylic acids is 2. The fourth-order valence-corrected chi connectivity index (χ4v) is 4.21. The third-order valence-corrected chi connectivity index (χ3v) is 5.90. The lowest BCUT2D eigenvalue weighted by atomic mass is 10.1. The number of ether oxygens (including phenoxy) is 2. The Morgan fingerprint density at radius 1 is 0.971 bits per heavy atom. The molecule has 35 heavy (non-hydrogen) atoms. The second-order valence-corrected chi connectivity index (χ2v) is 9.74. The highest BCUT2D eigenvalue weighted by molar-refractivity contribution is 5.94. The number of benzene rings is 2.